The summed E-state index contributed by atoms with van der Waals surface area (Å²) >= 11 is 0. The summed E-state index contributed by atoms with van der Waals surface area (Å²) in [6.07, 6.45) is 1.17. The summed E-state index contributed by atoms with van der Waals surface area (Å²) in [5.41, 5.74) is -0.875. The average molecular weight is 321 g/mol. The van der Waals surface area contributed by atoms with E-state index in [1.807, 2.05) is 0 Å². The molecule has 1 aliphatic heterocycles. The number of nitro groups is 1. The average Bonchev–Trinajstić information content (AvgIpc) is 2.91. The molecular formula is C15H19N3O5. The number of aliphatic carboxylic acids is 1. The van der Waals surface area contributed by atoms with E-state index in [9.17, 15) is 24.8 Å². The molecule has 0 spiro atoms. The number of carboxylic acid groups (broad SMARTS) is 1. The molecule has 2 rings (SSSR count). The van der Waals surface area contributed by atoms with Gasteiger partial charge in [0.1, 0.15) is 11.2 Å². The van der Waals surface area contributed by atoms with Crippen molar-refractivity contribution in [3.05, 3.63) is 34.4 Å². The van der Waals surface area contributed by atoms with E-state index in [2.05, 4.69) is 5.32 Å². The van der Waals surface area contributed by atoms with Crippen molar-refractivity contribution in [1.82, 2.24) is 4.90 Å². The van der Waals surface area contributed by atoms with Crippen molar-refractivity contribution >= 4 is 23.3 Å². The molecule has 1 aromatic carbocycles. The number of amides is 1. The third kappa shape index (κ3) is 3.41. The number of para-hydroxylation sites is 2. The zero-order chi connectivity index (χ0) is 17.0. The normalized spacial score (nSPS) is 20.3. The van der Waals surface area contributed by atoms with Gasteiger partial charge in [0.25, 0.3) is 5.69 Å². The van der Waals surface area contributed by atoms with E-state index in [1.165, 1.54) is 11.0 Å². The molecule has 1 saturated heterocycles. The summed E-state index contributed by atoms with van der Waals surface area (Å²) in [4.78, 5) is 35.4. The number of hydrogen-bond acceptors (Lipinski definition) is 5. The lowest BCUT2D eigenvalue weighted by atomic mass is 9.99. The third-order valence-electron chi connectivity index (χ3n) is 4.16. The Bertz CT molecular complexity index is 633. The summed E-state index contributed by atoms with van der Waals surface area (Å²) < 4.78 is 0. The first-order valence-electron chi connectivity index (χ1n) is 7.37. The number of benzene rings is 1. The molecule has 0 aromatic heterocycles. The monoisotopic (exact) mass is 321 g/mol. The van der Waals surface area contributed by atoms with Gasteiger partial charge in [0.2, 0.25) is 5.91 Å². The quantitative estimate of drug-likeness (QED) is 0.611. The Balaban J connectivity index is 1.96. The number of nitrogens with zero attached hydrogens (tertiary/aromatic N) is 2. The maximum absolute atomic E-state index is 12.3. The fourth-order valence-corrected chi connectivity index (χ4v) is 2.81. The molecule has 124 valence electrons. The van der Waals surface area contributed by atoms with E-state index >= 15 is 0 Å². The lowest BCUT2D eigenvalue weighted by molar-refractivity contribution is -0.384. The fraction of sp³-hybridized carbons (Fsp3) is 0.467. The van der Waals surface area contributed by atoms with E-state index in [-0.39, 0.29) is 24.6 Å². The van der Waals surface area contributed by atoms with Crippen LogP contribution in [0.1, 0.15) is 26.2 Å². The van der Waals surface area contributed by atoms with E-state index in [4.69, 9.17) is 0 Å². The van der Waals surface area contributed by atoms with Gasteiger partial charge in [0.05, 0.1) is 4.92 Å². The minimum Gasteiger partial charge on any atom is -0.480 e. The van der Waals surface area contributed by atoms with Crippen molar-refractivity contribution < 1.29 is 19.6 Å². The van der Waals surface area contributed by atoms with E-state index in [0.717, 1.165) is 0 Å². The highest BCUT2D eigenvalue weighted by atomic mass is 16.6. The van der Waals surface area contributed by atoms with Gasteiger partial charge >= 0.3 is 5.97 Å². The highest BCUT2D eigenvalue weighted by molar-refractivity contribution is 5.87. The number of hydrogen-bond donors (Lipinski definition) is 2. The molecule has 0 radical (unpaired) electrons. The zero-order valence-corrected chi connectivity index (χ0v) is 12.8. The van der Waals surface area contributed by atoms with Gasteiger partial charge < -0.3 is 15.3 Å². The van der Waals surface area contributed by atoms with Gasteiger partial charge in [-0.05, 0) is 25.8 Å². The van der Waals surface area contributed by atoms with Crippen molar-refractivity contribution in [1.29, 1.82) is 0 Å². The number of nitrogens with one attached hydrogen (secondary N) is 1. The van der Waals surface area contributed by atoms with Crippen molar-refractivity contribution in [2.24, 2.45) is 0 Å². The van der Waals surface area contributed by atoms with Crippen LogP contribution in [-0.2, 0) is 9.59 Å². The van der Waals surface area contributed by atoms with Crippen LogP contribution in [0.5, 0.6) is 0 Å². The van der Waals surface area contributed by atoms with Gasteiger partial charge in [-0.3, -0.25) is 14.9 Å². The second kappa shape index (κ2) is 6.64. The largest absolute Gasteiger partial charge is 0.480 e. The topological polar surface area (TPSA) is 113 Å². The number of carboxylic acids is 1. The van der Waals surface area contributed by atoms with Crippen molar-refractivity contribution in [3.63, 3.8) is 0 Å². The highest BCUT2D eigenvalue weighted by Crippen LogP contribution is 2.30. The van der Waals surface area contributed by atoms with Crippen molar-refractivity contribution in [3.8, 4) is 0 Å². The predicted octanol–water partition coefficient (Wildman–Crippen LogP) is 1.86. The first-order chi connectivity index (χ1) is 10.9. The second-order valence-electron chi connectivity index (χ2n) is 5.68. The zero-order valence-electron chi connectivity index (χ0n) is 12.8. The summed E-state index contributed by atoms with van der Waals surface area (Å²) in [5.74, 6) is -1.27. The molecule has 8 heteroatoms. The summed E-state index contributed by atoms with van der Waals surface area (Å²) in [5, 5.41) is 23.1. The molecule has 1 aromatic rings. The summed E-state index contributed by atoms with van der Waals surface area (Å²) in [6.45, 7) is 2.18. The molecule has 1 fully saturated rings. The van der Waals surface area contributed by atoms with Gasteiger partial charge in [-0.25, -0.2) is 4.79 Å². The number of carbonyl (C=O) groups excluding carboxylic acids is 1. The van der Waals surface area contributed by atoms with Gasteiger partial charge in [-0.2, -0.15) is 0 Å². The summed E-state index contributed by atoms with van der Waals surface area (Å²) in [7, 11) is 0. The Hall–Kier alpha value is -2.64. The molecule has 1 heterocycles. The Kier molecular flexibility index (Phi) is 4.83. The minimum atomic E-state index is -1.16. The standard InChI is InChI=1S/C15H19N3O5/c1-15(14(20)21)8-4-10-17(15)13(19)7-9-16-11-5-2-3-6-12(11)18(22)23/h2-3,5-6,16H,4,7-10H2,1H3,(H,20,21). The molecule has 0 aliphatic carbocycles. The maximum Gasteiger partial charge on any atom is 0.329 e. The summed E-state index contributed by atoms with van der Waals surface area (Å²) in [6, 6.07) is 6.18. The SMILES string of the molecule is CC1(C(=O)O)CCCN1C(=O)CCNc1ccccc1[N+](=O)[O-]. The van der Waals surface area contributed by atoms with E-state index in [1.54, 1.807) is 25.1 Å². The molecule has 8 nitrogen and oxygen atoms in total. The van der Waals surface area contributed by atoms with Crippen LogP contribution < -0.4 is 5.32 Å². The molecule has 1 aliphatic rings. The molecule has 23 heavy (non-hydrogen) atoms. The van der Waals surface area contributed by atoms with Crippen LogP contribution in [0.4, 0.5) is 11.4 Å². The van der Waals surface area contributed by atoms with Gasteiger partial charge in [-0.15, -0.1) is 0 Å². The predicted molar refractivity (Wildman–Crippen MR) is 83.2 cm³/mol. The van der Waals surface area contributed by atoms with Crippen LogP contribution in [0.3, 0.4) is 0 Å². The van der Waals surface area contributed by atoms with Crippen LogP contribution in [0.15, 0.2) is 24.3 Å². The lowest BCUT2D eigenvalue weighted by Gasteiger charge is -2.31. The number of carbonyl (C=O) groups is 2. The highest BCUT2D eigenvalue weighted by Gasteiger charge is 2.45. The number of anilines is 1. The number of nitro benzene ring substituents is 1. The molecule has 1 unspecified atom stereocenters. The molecule has 0 bridgehead atoms. The van der Waals surface area contributed by atoms with Crippen LogP contribution in [-0.4, -0.2) is 45.4 Å². The lowest BCUT2D eigenvalue weighted by Crippen LogP contribution is -2.51. The minimum absolute atomic E-state index is 0.0588. The van der Waals surface area contributed by atoms with Crippen LogP contribution >= 0.6 is 0 Å². The van der Waals surface area contributed by atoms with E-state index < -0.39 is 16.4 Å². The number of likely N-dealkylation sites (tertiary alicyclic amines) is 1. The maximum atomic E-state index is 12.3. The molecule has 1 amide bonds. The van der Waals surface area contributed by atoms with E-state index in [0.29, 0.717) is 25.1 Å². The van der Waals surface area contributed by atoms with Crippen molar-refractivity contribution in [2.45, 2.75) is 31.7 Å². The Morgan fingerprint density at radius 3 is 2.78 bits per heavy atom. The first-order valence-corrected chi connectivity index (χ1v) is 7.37. The Morgan fingerprint density at radius 2 is 2.13 bits per heavy atom. The first kappa shape index (κ1) is 16.7. The third-order valence-corrected chi connectivity index (χ3v) is 4.16. The number of rotatable bonds is 6. The van der Waals surface area contributed by atoms with Gasteiger partial charge in [0.15, 0.2) is 0 Å². The fourth-order valence-electron chi connectivity index (χ4n) is 2.81. The molecule has 0 saturated carbocycles. The molecular weight excluding hydrogens is 302 g/mol. The van der Waals surface area contributed by atoms with Gasteiger partial charge in [0, 0.05) is 25.6 Å². The molecule has 2 N–H and O–H groups in total. The van der Waals surface area contributed by atoms with Gasteiger partial charge in [-0.1, -0.05) is 12.1 Å². The van der Waals surface area contributed by atoms with Crippen LogP contribution in [0.2, 0.25) is 0 Å². The van der Waals surface area contributed by atoms with Crippen molar-refractivity contribution in [2.75, 3.05) is 18.4 Å². The molecule has 1 atom stereocenters. The Labute approximate surface area is 133 Å². The van der Waals surface area contributed by atoms with Crippen LogP contribution in [0, 0.1) is 10.1 Å². The van der Waals surface area contributed by atoms with Crippen LogP contribution in [0.25, 0.3) is 0 Å². The smallest absolute Gasteiger partial charge is 0.329 e. The second-order valence-corrected chi connectivity index (χ2v) is 5.68. The Morgan fingerprint density at radius 1 is 1.43 bits per heavy atom.